The third-order valence-corrected chi connectivity index (χ3v) is 5.15. The van der Waals surface area contributed by atoms with Crippen LogP contribution in [0, 0.1) is 0 Å². The lowest BCUT2D eigenvalue weighted by molar-refractivity contribution is -0.115. The molecule has 1 aromatic rings. The van der Waals surface area contributed by atoms with Crippen LogP contribution in [0.1, 0.15) is 31.1 Å². The highest BCUT2D eigenvalue weighted by atomic mass is 35.5. The molecule has 0 saturated carbocycles. The summed E-state index contributed by atoms with van der Waals surface area (Å²) in [5, 5.41) is 0.0398. The van der Waals surface area contributed by atoms with E-state index in [2.05, 4.69) is 0 Å². The van der Waals surface area contributed by atoms with Crippen LogP contribution in [0.2, 0.25) is 5.02 Å². The first-order valence-electron chi connectivity index (χ1n) is 5.87. The molecule has 1 aromatic carbocycles. The number of benzene rings is 1. The quantitative estimate of drug-likeness (QED) is 0.791. The summed E-state index contributed by atoms with van der Waals surface area (Å²) >= 11 is 5.97. The number of hydrogen-bond donors (Lipinski definition) is 0. The van der Waals surface area contributed by atoms with Gasteiger partial charge in [-0.15, -0.1) is 0 Å². The molecule has 0 bridgehead atoms. The summed E-state index contributed by atoms with van der Waals surface area (Å²) in [5.41, 5.74) is 0.0137. The molecule has 0 fully saturated rings. The zero-order valence-corrected chi connectivity index (χ0v) is 12.7. The Hall–Kier alpha value is -1.60. The average Bonchev–Trinajstić information content (AvgIpc) is 2.28. The minimum absolute atomic E-state index is 0.0398. The number of hydrogen-bond acceptors (Lipinski definition) is 4. The Kier molecular flexibility index (Phi) is 3.51. The first-order valence-corrected chi connectivity index (χ1v) is 7.65. The number of amides is 2. The number of anilines is 1. The van der Waals surface area contributed by atoms with Crippen LogP contribution in [0.15, 0.2) is 18.2 Å². The van der Waals surface area contributed by atoms with Gasteiger partial charge in [-0.2, -0.15) is 12.7 Å². The largest absolute Gasteiger partial charge is 0.335 e. The van der Waals surface area contributed by atoms with E-state index < -0.39 is 28.1 Å². The molecule has 0 saturated heterocycles. The highest BCUT2D eigenvalue weighted by Crippen LogP contribution is 2.38. The fourth-order valence-electron chi connectivity index (χ4n) is 2.14. The lowest BCUT2D eigenvalue weighted by atomic mass is 10.1. The van der Waals surface area contributed by atoms with Crippen molar-refractivity contribution in [2.75, 3.05) is 4.31 Å². The van der Waals surface area contributed by atoms with E-state index in [1.807, 2.05) is 0 Å². The van der Waals surface area contributed by atoms with Gasteiger partial charge >= 0.3 is 10.2 Å². The van der Waals surface area contributed by atoms with Gasteiger partial charge in [0.05, 0.1) is 16.3 Å². The fourth-order valence-corrected chi connectivity index (χ4v) is 4.22. The van der Waals surface area contributed by atoms with Crippen LogP contribution < -0.4 is 4.31 Å². The summed E-state index contributed by atoms with van der Waals surface area (Å²) in [5.74, 6) is -1.41. The Morgan fingerprint density at radius 1 is 1.30 bits per heavy atom. The molecule has 0 aromatic heterocycles. The second-order valence-corrected chi connectivity index (χ2v) is 6.68. The molecule has 0 radical (unpaired) electrons. The highest BCUT2D eigenvalue weighted by molar-refractivity contribution is 7.92. The Labute approximate surface area is 122 Å². The van der Waals surface area contributed by atoms with Gasteiger partial charge in [0.1, 0.15) is 0 Å². The van der Waals surface area contributed by atoms with Gasteiger partial charge in [0.2, 0.25) is 5.91 Å². The van der Waals surface area contributed by atoms with Crippen molar-refractivity contribution in [3.63, 3.8) is 0 Å². The normalized spacial score (nSPS) is 17.4. The van der Waals surface area contributed by atoms with E-state index in [9.17, 15) is 18.0 Å². The molecule has 6 nitrogen and oxygen atoms in total. The Bertz CT molecular complexity index is 699. The molecule has 1 aliphatic heterocycles. The maximum atomic E-state index is 12.5. The Balaban J connectivity index is 2.85. The first-order chi connectivity index (χ1) is 9.19. The fraction of sp³-hybridized carbons (Fsp3) is 0.333. The van der Waals surface area contributed by atoms with Gasteiger partial charge in [0.15, 0.2) is 0 Å². The lowest BCUT2D eigenvalue weighted by Crippen LogP contribution is -2.55. The predicted octanol–water partition coefficient (Wildman–Crippen LogP) is 1.80. The molecule has 8 heteroatoms. The summed E-state index contributed by atoms with van der Waals surface area (Å²) in [4.78, 5) is 24.1. The van der Waals surface area contributed by atoms with Crippen LogP contribution in [0.5, 0.6) is 0 Å². The number of rotatable bonds is 1. The number of carbonyl (C=O) groups is 2. The van der Waals surface area contributed by atoms with Gasteiger partial charge in [-0.05, 0) is 26.0 Å². The SMILES string of the molecule is CC(=O)N1c2c(Cl)cccc2C(=O)N(C(C)C)S1(=O)=O. The molecule has 0 unspecified atom stereocenters. The molecule has 0 atom stereocenters. The minimum Gasteiger partial charge on any atom is -0.274 e. The van der Waals surface area contributed by atoms with Gasteiger partial charge in [0.25, 0.3) is 5.91 Å². The van der Waals surface area contributed by atoms with E-state index in [0.29, 0.717) is 8.61 Å². The zero-order valence-electron chi connectivity index (χ0n) is 11.1. The molecule has 0 N–H and O–H groups in total. The molecule has 0 spiro atoms. The second kappa shape index (κ2) is 4.75. The molecule has 108 valence electrons. The average molecular weight is 317 g/mol. The third-order valence-electron chi connectivity index (χ3n) is 2.85. The summed E-state index contributed by atoms with van der Waals surface area (Å²) in [6, 6.07) is 3.81. The monoisotopic (exact) mass is 316 g/mol. The van der Waals surface area contributed by atoms with Gasteiger partial charge in [-0.1, -0.05) is 17.7 Å². The maximum Gasteiger partial charge on any atom is 0.335 e. The smallest absolute Gasteiger partial charge is 0.274 e. The van der Waals surface area contributed by atoms with Crippen LogP contribution in [-0.4, -0.2) is 30.6 Å². The van der Waals surface area contributed by atoms with Crippen molar-refractivity contribution in [1.82, 2.24) is 4.31 Å². The van der Waals surface area contributed by atoms with Crippen molar-refractivity contribution >= 4 is 39.3 Å². The van der Waals surface area contributed by atoms with Crippen molar-refractivity contribution in [3.05, 3.63) is 28.8 Å². The van der Waals surface area contributed by atoms with Crippen molar-refractivity contribution in [2.45, 2.75) is 26.8 Å². The number of carbonyl (C=O) groups excluding carboxylic acids is 2. The predicted molar refractivity (Wildman–Crippen MR) is 74.8 cm³/mol. The van der Waals surface area contributed by atoms with Crippen LogP contribution in [0.4, 0.5) is 5.69 Å². The van der Waals surface area contributed by atoms with Crippen LogP contribution in [0.25, 0.3) is 0 Å². The second-order valence-electron chi connectivity index (χ2n) is 4.62. The summed E-state index contributed by atoms with van der Waals surface area (Å²) in [6.07, 6.45) is 0. The van der Waals surface area contributed by atoms with Crippen molar-refractivity contribution < 1.29 is 18.0 Å². The molecule has 0 aliphatic carbocycles. The molecule has 1 aliphatic rings. The van der Waals surface area contributed by atoms with Crippen LogP contribution in [0.3, 0.4) is 0 Å². The van der Waals surface area contributed by atoms with Gasteiger partial charge in [-0.3, -0.25) is 9.59 Å². The van der Waals surface area contributed by atoms with Crippen LogP contribution >= 0.6 is 11.6 Å². The number of para-hydroxylation sites is 1. The standard InChI is InChI=1S/C12H13ClN2O4S/c1-7(2)14-12(17)9-5-4-6-10(13)11(9)15(8(3)16)20(14,18)19/h4-7H,1-3H3. The molecule has 2 amide bonds. The van der Waals surface area contributed by atoms with Gasteiger partial charge < -0.3 is 0 Å². The summed E-state index contributed by atoms with van der Waals surface area (Å²) in [7, 11) is -4.26. The minimum atomic E-state index is -4.26. The third kappa shape index (κ3) is 1.97. The Morgan fingerprint density at radius 3 is 2.40 bits per heavy atom. The molecular formula is C12H13ClN2O4S. The van der Waals surface area contributed by atoms with Crippen molar-refractivity contribution in [3.8, 4) is 0 Å². The topological polar surface area (TPSA) is 74.8 Å². The first kappa shape index (κ1) is 14.8. The number of nitrogens with zero attached hydrogens (tertiary/aromatic N) is 2. The van der Waals surface area contributed by atoms with Crippen molar-refractivity contribution in [1.29, 1.82) is 0 Å². The van der Waals surface area contributed by atoms with E-state index in [1.54, 1.807) is 13.8 Å². The molecular weight excluding hydrogens is 304 g/mol. The molecule has 20 heavy (non-hydrogen) atoms. The number of halogens is 1. The maximum absolute atomic E-state index is 12.5. The molecule has 2 rings (SSSR count). The Morgan fingerprint density at radius 2 is 1.90 bits per heavy atom. The number of fused-ring (bicyclic) bond motifs is 1. The molecule has 1 heterocycles. The van der Waals surface area contributed by atoms with E-state index in [0.717, 1.165) is 6.92 Å². The van der Waals surface area contributed by atoms with E-state index in [-0.39, 0.29) is 16.3 Å². The van der Waals surface area contributed by atoms with Crippen LogP contribution in [-0.2, 0) is 15.0 Å². The summed E-state index contributed by atoms with van der Waals surface area (Å²) in [6.45, 7) is 4.23. The lowest BCUT2D eigenvalue weighted by Gasteiger charge is -2.37. The van der Waals surface area contributed by atoms with E-state index in [4.69, 9.17) is 11.6 Å². The highest BCUT2D eigenvalue weighted by Gasteiger charge is 2.45. The van der Waals surface area contributed by atoms with E-state index >= 15 is 0 Å². The van der Waals surface area contributed by atoms with E-state index in [1.165, 1.54) is 18.2 Å². The van der Waals surface area contributed by atoms with Gasteiger partial charge in [0, 0.05) is 13.0 Å². The summed E-state index contributed by atoms with van der Waals surface area (Å²) < 4.78 is 26.2. The van der Waals surface area contributed by atoms with Gasteiger partial charge in [-0.25, -0.2) is 4.31 Å². The zero-order chi connectivity index (χ0) is 15.2. The van der Waals surface area contributed by atoms with Crippen molar-refractivity contribution in [2.24, 2.45) is 0 Å².